The van der Waals surface area contributed by atoms with Crippen molar-refractivity contribution >= 4 is 23.7 Å². The Morgan fingerprint density at radius 1 is 1.14 bits per heavy atom. The zero-order valence-electron chi connectivity index (χ0n) is 16.5. The Morgan fingerprint density at radius 2 is 1.82 bits per heavy atom. The number of anilines is 1. The molecule has 2 aromatic rings. The molecular weight excluding hydrogens is 360 g/mol. The Balaban J connectivity index is 1.87. The van der Waals surface area contributed by atoms with E-state index in [9.17, 15) is 14.4 Å². The van der Waals surface area contributed by atoms with Gasteiger partial charge in [-0.3, -0.25) is 14.5 Å². The number of hydrogen-bond acceptors (Lipinski definition) is 5. The Kier molecular flexibility index (Phi) is 5.22. The number of carbonyl (C=O) groups excluding carboxylic acids is 3. The van der Waals surface area contributed by atoms with Crippen molar-refractivity contribution in [1.29, 1.82) is 0 Å². The van der Waals surface area contributed by atoms with Gasteiger partial charge >= 0.3 is 6.09 Å². The number of aromatic nitrogens is 2. The molecule has 8 nitrogen and oxygen atoms in total. The third-order valence-electron chi connectivity index (χ3n) is 4.21. The summed E-state index contributed by atoms with van der Waals surface area (Å²) < 4.78 is 6.63. The second kappa shape index (κ2) is 7.46. The monoisotopic (exact) mass is 384 g/mol. The highest BCUT2D eigenvalue weighted by Crippen LogP contribution is 2.31. The lowest BCUT2D eigenvalue weighted by molar-refractivity contribution is 0.0239. The van der Waals surface area contributed by atoms with Crippen LogP contribution in [0.4, 0.5) is 10.6 Å². The second-order valence-electron chi connectivity index (χ2n) is 7.59. The molecule has 3 rings (SSSR count). The number of amides is 2. The van der Waals surface area contributed by atoms with Gasteiger partial charge in [0.05, 0.1) is 18.8 Å². The summed E-state index contributed by atoms with van der Waals surface area (Å²) in [5, 5.41) is 7.13. The van der Waals surface area contributed by atoms with E-state index in [1.165, 1.54) is 9.58 Å². The van der Waals surface area contributed by atoms with E-state index in [1.54, 1.807) is 52.0 Å². The first kappa shape index (κ1) is 19.6. The minimum atomic E-state index is -0.612. The maximum Gasteiger partial charge on any atom is 0.410 e. The number of nitrogens with zero attached hydrogens (tertiary/aromatic N) is 3. The average Bonchev–Trinajstić information content (AvgIpc) is 3.20. The van der Waals surface area contributed by atoms with Crippen LogP contribution in [0, 0.1) is 0 Å². The van der Waals surface area contributed by atoms with Crippen molar-refractivity contribution in [1.82, 2.24) is 14.7 Å². The minimum Gasteiger partial charge on any atom is -0.444 e. The topological polar surface area (TPSA) is 93.5 Å². The fourth-order valence-electron chi connectivity index (χ4n) is 2.90. The van der Waals surface area contributed by atoms with Crippen LogP contribution in [-0.2, 0) is 17.8 Å². The normalized spacial score (nSPS) is 13.2. The second-order valence-corrected chi connectivity index (χ2v) is 7.59. The van der Waals surface area contributed by atoms with Gasteiger partial charge in [0.2, 0.25) is 5.91 Å². The van der Waals surface area contributed by atoms with Gasteiger partial charge in [0, 0.05) is 17.5 Å². The summed E-state index contributed by atoms with van der Waals surface area (Å²) in [6.07, 6.45) is -0.218. The number of hydrogen-bond donors (Lipinski definition) is 1. The SMILES string of the molecule is CCC(=O)n1nc2c(c1NC(=O)c1ccccc1)CN(C(=O)OC(C)(C)C)C2. The van der Waals surface area contributed by atoms with Crippen LogP contribution in [0.25, 0.3) is 0 Å². The standard InChI is InChI=1S/C20H24N4O4/c1-5-16(25)24-17(21-18(26)13-9-7-6-8-10-13)14-11-23(12-15(14)22-24)19(27)28-20(2,3)4/h6-10H,5,11-12H2,1-4H3,(H,21,26). The van der Waals surface area contributed by atoms with E-state index < -0.39 is 11.7 Å². The van der Waals surface area contributed by atoms with Crippen molar-refractivity contribution < 1.29 is 19.1 Å². The predicted molar refractivity (Wildman–Crippen MR) is 103 cm³/mol. The molecule has 148 valence electrons. The quantitative estimate of drug-likeness (QED) is 0.875. The van der Waals surface area contributed by atoms with Crippen molar-refractivity contribution in [3.05, 3.63) is 47.2 Å². The molecule has 0 aliphatic carbocycles. The van der Waals surface area contributed by atoms with Gasteiger partial charge in [-0.05, 0) is 32.9 Å². The molecule has 2 amide bonds. The average molecular weight is 384 g/mol. The summed E-state index contributed by atoms with van der Waals surface area (Å²) in [5.41, 5.74) is 1.09. The molecule has 1 N–H and O–H groups in total. The zero-order valence-corrected chi connectivity index (χ0v) is 16.5. The van der Waals surface area contributed by atoms with E-state index in [0.29, 0.717) is 22.6 Å². The summed E-state index contributed by atoms with van der Waals surface area (Å²) in [5.74, 6) is -0.271. The summed E-state index contributed by atoms with van der Waals surface area (Å²) >= 11 is 0. The van der Waals surface area contributed by atoms with Crippen LogP contribution in [0.2, 0.25) is 0 Å². The third kappa shape index (κ3) is 4.05. The van der Waals surface area contributed by atoms with Crippen LogP contribution in [0.1, 0.15) is 60.5 Å². The molecule has 8 heteroatoms. The van der Waals surface area contributed by atoms with E-state index in [1.807, 2.05) is 6.07 Å². The van der Waals surface area contributed by atoms with Crippen LogP contribution in [-0.4, -0.2) is 38.2 Å². The van der Waals surface area contributed by atoms with Gasteiger partial charge < -0.3 is 10.1 Å². The number of carbonyl (C=O) groups is 3. The lowest BCUT2D eigenvalue weighted by Crippen LogP contribution is -2.34. The molecule has 1 aromatic heterocycles. The molecule has 0 atom stereocenters. The molecule has 0 saturated carbocycles. The van der Waals surface area contributed by atoms with E-state index in [2.05, 4.69) is 10.4 Å². The van der Waals surface area contributed by atoms with Crippen LogP contribution in [0.5, 0.6) is 0 Å². The van der Waals surface area contributed by atoms with Crippen molar-refractivity contribution in [3.63, 3.8) is 0 Å². The first-order valence-electron chi connectivity index (χ1n) is 9.18. The molecule has 2 heterocycles. The lowest BCUT2D eigenvalue weighted by Gasteiger charge is -2.24. The van der Waals surface area contributed by atoms with Crippen LogP contribution < -0.4 is 5.32 Å². The van der Waals surface area contributed by atoms with Gasteiger partial charge in [-0.2, -0.15) is 9.78 Å². The summed E-state index contributed by atoms with van der Waals surface area (Å²) in [6.45, 7) is 7.56. The molecule has 0 fully saturated rings. The van der Waals surface area contributed by atoms with Crippen LogP contribution in [0.15, 0.2) is 30.3 Å². The largest absolute Gasteiger partial charge is 0.444 e. The lowest BCUT2D eigenvalue weighted by atomic mass is 10.2. The first-order chi connectivity index (χ1) is 13.2. The molecule has 1 aromatic carbocycles. The molecule has 0 unspecified atom stereocenters. The summed E-state index contributed by atoms with van der Waals surface area (Å²) in [6, 6.07) is 8.71. The number of fused-ring (bicyclic) bond motifs is 1. The highest BCUT2D eigenvalue weighted by Gasteiger charge is 2.34. The van der Waals surface area contributed by atoms with Gasteiger partial charge in [-0.25, -0.2) is 4.79 Å². The Morgan fingerprint density at radius 3 is 2.43 bits per heavy atom. The Hall–Kier alpha value is -3.16. The Labute approximate surface area is 163 Å². The smallest absolute Gasteiger partial charge is 0.410 e. The molecule has 0 radical (unpaired) electrons. The van der Waals surface area contributed by atoms with Crippen LogP contribution >= 0.6 is 0 Å². The van der Waals surface area contributed by atoms with Crippen molar-refractivity contribution in [2.24, 2.45) is 0 Å². The number of rotatable bonds is 3. The molecule has 0 spiro atoms. The fourth-order valence-corrected chi connectivity index (χ4v) is 2.90. The van der Waals surface area contributed by atoms with E-state index in [-0.39, 0.29) is 31.3 Å². The van der Waals surface area contributed by atoms with Crippen LogP contribution in [0.3, 0.4) is 0 Å². The molecule has 0 saturated heterocycles. The molecule has 0 bridgehead atoms. The maximum atomic E-state index is 12.6. The first-order valence-corrected chi connectivity index (χ1v) is 9.18. The van der Waals surface area contributed by atoms with E-state index in [4.69, 9.17) is 4.74 Å². The number of nitrogens with one attached hydrogen (secondary N) is 1. The van der Waals surface area contributed by atoms with Gasteiger partial charge in [0.1, 0.15) is 11.4 Å². The highest BCUT2D eigenvalue weighted by atomic mass is 16.6. The zero-order chi connectivity index (χ0) is 20.5. The number of benzene rings is 1. The highest BCUT2D eigenvalue weighted by molar-refractivity contribution is 6.05. The molecular formula is C20H24N4O4. The van der Waals surface area contributed by atoms with Crippen molar-refractivity contribution in [3.8, 4) is 0 Å². The third-order valence-corrected chi connectivity index (χ3v) is 4.21. The Bertz CT molecular complexity index is 912. The van der Waals surface area contributed by atoms with Crippen molar-refractivity contribution in [2.75, 3.05) is 5.32 Å². The summed E-state index contributed by atoms with van der Waals surface area (Å²) in [7, 11) is 0. The summed E-state index contributed by atoms with van der Waals surface area (Å²) in [4.78, 5) is 38.8. The van der Waals surface area contributed by atoms with Gasteiger partial charge in [0.15, 0.2) is 0 Å². The number of ether oxygens (including phenoxy) is 1. The molecule has 1 aliphatic rings. The van der Waals surface area contributed by atoms with E-state index >= 15 is 0 Å². The molecule has 1 aliphatic heterocycles. The predicted octanol–water partition coefficient (Wildman–Crippen LogP) is 3.44. The van der Waals surface area contributed by atoms with Gasteiger partial charge in [-0.15, -0.1) is 0 Å². The van der Waals surface area contributed by atoms with E-state index in [0.717, 1.165) is 0 Å². The minimum absolute atomic E-state index is 0.214. The van der Waals surface area contributed by atoms with Gasteiger partial charge in [0.25, 0.3) is 5.91 Å². The van der Waals surface area contributed by atoms with Crippen molar-refractivity contribution in [2.45, 2.75) is 52.8 Å². The van der Waals surface area contributed by atoms with Gasteiger partial charge in [-0.1, -0.05) is 25.1 Å². The maximum absolute atomic E-state index is 12.6. The molecule has 28 heavy (non-hydrogen) atoms. The fraction of sp³-hybridized carbons (Fsp3) is 0.400.